The third-order valence-corrected chi connectivity index (χ3v) is 4.46. The van der Waals surface area contributed by atoms with Crippen molar-refractivity contribution in [3.8, 4) is 0 Å². The summed E-state index contributed by atoms with van der Waals surface area (Å²) < 4.78 is 13.9. The molecule has 0 spiro atoms. The van der Waals surface area contributed by atoms with Gasteiger partial charge in [0.05, 0.1) is 11.1 Å². The first-order chi connectivity index (χ1) is 10.1. The fourth-order valence-corrected chi connectivity index (χ4v) is 3.07. The van der Waals surface area contributed by atoms with E-state index in [9.17, 15) is 9.18 Å². The minimum Gasteiger partial charge on any atom is -0.312 e. The molecule has 1 fully saturated rings. The number of carbonyl (C=O) groups is 1. The summed E-state index contributed by atoms with van der Waals surface area (Å²) >= 11 is 0. The molecule has 2 aromatic carbocycles. The molecule has 0 aliphatic heterocycles. The Balaban J connectivity index is 1.95. The van der Waals surface area contributed by atoms with Crippen LogP contribution in [0.2, 0.25) is 0 Å². The summed E-state index contributed by atoms with van der Waals surface area (Å²) in [6.07, 6.45) is 2.69. The van der Waals surface area contributed by atoms with Crippen LogP contribution < -0.4 is 4.90 Å². The molecule has 0 heterocycles. The fraction of sp³-hybridized carbons (Fsp3) is 0.278. The molecule has 0 N–H and O–H groups in total. The van der Waals surface area contributed by atoms with Gasteiger partial charge in [0.25, 0.3) is 0 Å². The molecule has 2 nitrogen and oxygen atoms in total. The first-order valence-electron chi connectivity index (χ1n) is 7.23. The first-order valence-corrected chi connectivity index (χ1v) is 7.23. The normalized spacial score (nSPS) is 16.1. The molecule has 0 radical (unpaired) electrons. The van der Waals surface area contributed by atoms with E-state index in [-0.39, 0.29) is 11.7 Å². The molecular weight excluding hydrogens is 265 g/mol. The molecule has 1 aliphatic carbocycles. The zero-order chi connectivity index (χ0) is 14.9. The number of hydrogen-bond acceptors (Lipinski definition) is 1. The van der Waals surface area contributed by atoms with Crippen LogP contribution in [0.4, 0.5) is 10.1 Å². The Morgan fingerprint density at radius 3 is 2.24 bits per heavy atom. The van der Waals surface area contributed by atoms with E-state index in [0.29, 0.717) is 5.69 Å². The number of para-hydroxylation sites is 1. The van der Waals surface area contributed by atoms with Gasteiger partial charge in [-0.15, -0.1) is 0 Å². The maximum atomic E-state index is 13.9. The summed E-state index contributed by atoms with van der Waals surface area (Å²) in [6.45, 7) is 0. The lowest BCUT2D eigenvalue weighted by Gasteiger charge is -2.43. The Kier molecular flexibility index (Phi) is 3.50. The topological polar surface area (TPSA) is 20.3 Å². The van der Waals surface area contributed by atoms with Gasteiger partial charge in [-0.25, -0.2) is 4.39 Å². The average molecular weight is 283 g/mol. The third-order valence-electron chi connectivity index (χ3n) is 4.46. The number of hydrogen-bond donors (Lipinski definition) is 0. The number of benzene rings is 2. The molecule has 0 saturated heterocycles. The van der Waals surface area contributed by atoms with Gasteiger partial charge >= 0.3 is 0 Å². The van der Waals surface area contributed by atoms with Gasteiger partial charge in [0.15, 0.2) is 0 Å². The van der Waals surface area contributed by atoms with Crippen molar-refractivity contribution in [1.82, 2.24) is 0 Å². The van der Waals surface area contributed by atoms with Gasteiger partial charge in [-0.1, -0.05) is 48.9 Å². The summed E-state index contributed by atoms with van der Waals surface area (Å²) in [4.78, 5) is 14.4. The number of carbonyl (C=O) groups excluding carboxylic acids is 1. The highest BCUT2D eigenvalue weighted by atomic mass is 19.1. The number of amides is 1. The Hall–Kier alpha value is -2.16. The predicted molar refractivity (Wildman–Crippen MR) is 81.8 cm³/mol. The van der Waals surface area contributed by atoms with Crippen LogP contribution in [0.1, 0.15) is 24.8 Å². The highest BCUT2D eigenvalue weighted by Gasteiger charge is 2.47. The largest absolute Gasteiger partial charge is 0.312 e. The zero-order valence-corrected chi connectivity index (χ0v) is 12.1. The van der Waals surface area contributed by atoms with Crippen molar-refractivity contribution in [2.24, 2.45) is 0 Å². The molecule has 0 bridgehead atoms. The van der Waals surface area contributed by atoms with Crippen LogP contribution >= 0.6 is 0 Å². The molecule has 3 rings (SSSR count). The zero-order valence-electron chi connectivity index (χ0n) is 12.1. The summed E-state index contributed by atoms with van der Waals surface area (Å²) in [5, 5.41) is 0. The van der Waals surface area contributed by atoms with Gasteiger partial charge in [-0.3, -0.25) is 4.79 Å². The number of anilines is 1. The van der Waals surface area contributed by atoms with Crippen molar-refractivity contribution >= 4 is 11.6 Å². The van der Waals surface area contributed by atoms with E-state index >= 15 is 0 Å². The van der Waals surface area contributed by atoms with Crippen LogP contribution in [0.15, 0.2) is 54.6 Å². The monoisotopic (exact) mass is 283 g/mol. The van der Waals surface area contributed by atoms with E-state index in [0.717, 1.165) is 24.8 Å². The van der Waals surface area contributed by atoms with Crippen LogP contribution in [-0.4, -0.2) is 13.0 Å². The van der Waals surface area contributed by atoms with Gasteiger partial charge in [-0.05, 0) is 30.5 Å². The number of likely N-dealkylation sites (N-methyl/N-ethyl adjacent to an activating group) is 1. The highest BCUT2D eigenvalue weighted by molar-refractivity contribution is 6.01. The van der Waals surface area contributed by atoms with E-state index in [1.165, 1.54) is 11.0 Å². The van der Waals surface area contributed by atoms with Gasteiger partial charge < -0.3 is 4.90 Å². The maximum Gasteiger partial charge on any atom is 0.237 e. The van der Waals surface area contributed by atoms with Crippen LogP contribution in [0.5, 0.6) is 0 Å². The molecular formula is C18H18FNO. The summed E-state index contributed by atoms with van der Waals surface area (Å²) in [6, 6.07) is 16.2. The van der Waals surface area contributed by atoms with E-state index in [1.54, 1.807) is 25.2 Å². The van der Waals surface area contributed by atoms with Crippen molar-refractivity contribution in [1.29, 1.82) is 0 Å². The van der Waals surface area contributed by atoms with Gasteiger partial charge in [0.2, 0.25) is 5.91 Å². The second-order valence-electron chi connectivity index (χ2n) is 5.62. The summed E-state index contributed by atoms with van der Waals surface area (Å²) in [5.74, 6) is -0.388. The van der Waals surface area contributed by atoms with Gasteiger partial charge in [-0.2, -0.15) is 0 Å². The van der Waals surface area contributed by atoms with Crippen molar-refractivity contribution in [3.05, 3.63) is 66.0 Å². The summed E-state index contributed by atoms with van der Waals surface area (Å²) in [5.41, 5.74) is 0.882. The maximum absolute atomic E-state index is 13.9. The highest BCUT2D eigenvalue weighted by Crippen LogP contribution is 2.45. The molecule has 1 aliphatic rings. The Morgan fingerprint density at radius 2 is 1.67 bits per heavy atom. The lowest BCUT2D eigenvalue weighted by atomic mass is 9.63. The molecule has 1 saturated carbocycles. The van der Waals surface area contributed by atoms with Crippen LogP contribution in [-0.2, 0) is 10.2 Å². The fourth-order valence-electron chi connectivity index (χ4n) is 3.07. The predicted octanol–water partition coefficient (Wildman–Crippen LogP) is 3.91. The van der Waals surface area contributed by atoms with E-state index in [1.807, 2.05) is 30.3 Å². The lowest BCUT2D eigenvalue weighted by Crippen LogP contribution is -2.50. The standard InChI is InChI=1S/C18H18FNO/c1-20(16-11-6-5-10-15(16)19)17(21)18(12-7-13-18)14-8-3-2-4-9-14/h2-6,8-11H,7,12-13H2,1H3. The number of halogens is 1. The third kappa shape index (κ3) is 2.23. The Bertz CT molecular complexity index is 649. The quantitative estimate of drug-likeness (QED) is 0.836. The second kappa shape index (κ2) is 5.32. The Morgan fingerprint density at radius 1 is 1.05 bits per heavy atom. The van der Waals surface area contributed by atoms with Crippen molar-refractivity contribution in [3.63, 3.8) is 0 Å². The van der Waals surface area contributed by atoms with Crippen LogP contribution in [0, 0.1) is 5.82 Å². The van der Waals surface area contributed by atoms with Crippen LogP contribution in [0.25, 0.3) is 0 Å². The van der Waals surface area contributed by atoms with E-state index < -0.39 is 5.41 Å². The molecule has 0 unspecified atom stereocenters. The van der Waals surface area contributed by atoms with E-state index in [4.69, 9.17) is 0 Å². The molecule has 0 atom stereocenters. The molecule has 1 amide bonds. The molecule has 108 valence electrons. The average Bonchev–Trinajstić information content (AvgIpc) is 2.47. The lowest BCUT2D eigenvalue weighted by molar-refractivity contribution is -0.126. The van der Waals surface area contributed by atoms with E-state index in [2.05, 4.69) is 0 Å². The number of rotatable bonds is 3. The smallest absolute Gasteiger partial charge is 0.237 e. The molecule has 0 aromatic heterocycles. The van der Waals surface area contributed by atoms with Gasteiger partial charge in [0, 0.05) is 7.05 Å². The minimum absolute atomic E-state index is 0.0231. The molecule has 21 heavy (non-hydrogen) atoms. The van der Waals surface area contributed by atoms with Crippen molar-refractivity contribution < 1.29 is 9.18 Å². The second-order valence-corrected chi connectivity index (χ2v) is 5.62. The van der Waals surface area contributed by atoms with Crippen LogP contribution in [0.3, 0.4) is 0 Å². The SMILES string of the molecule is CN(C(=O)C1(c2ccccc2)CCC1)c1ccccc1F. The Labute approximate surface area is 124 Å². The van der Waals surface area contributed by atoms with Crippen molar-refractivity contribution in [2.45, 2.75) is 24.7 Å². The number of nitrogens with zero attached hydrogens (tertiary/aromatic N) is 1. The van der Waals surface area contributed by atoms with Gasteiger partial charge in [0.1, 0.15) is 5.82 Å². The summed E-state index contributed by atoms with van der Waals surface area (Å²) in [7, 11) is 1.66. The minimum atomic E-state index is -0.488. The molecule has 2 aromatic rings. The van der Waals surface area contributed by atoms with Crippen molar-refractivity contribution in [2.75, 3.05) is 11.9 Å². The molecule has 3 heteroatoms. The first kappa shape index (κ1) is 13.8.